The van der Waals surface area contributed by atoms with Crippen molar-refractivity contribution in [2.45, 2.75) is 13.0 Å². The van der Waals surface area contributed by atoms with E-state index >= 15 is 0 Å². The summed E-state index contributed by atoms with van der Waals surface area (Å²) in [6.07, 6.45) is 0. The van der Waals surface area contributed by atoms with Crippen LogP contribution in [-0.4, -0.2) is 7.05 Å². The van der Waals surface area contributed by atoms with E-state index in [0.29, 0.717) is 10.6 Å². The lowest BCUT2D eigenvalue weighted by molar-refractivity contribution is 0.579. The molecule has 1 heterocycles. The van der Waals surface area contributed by atoms with Crippen molar-refractivity contribution in [1.29, 1.82) is 0 Å². The van der Waals surface area contributed by atoms with Crippen molar-refractivity contribution < 1.29 is 4.39 Å². The Morgan fingerprint density at radius 3 is 2.67 bits per heavy atom. The van der Waals surface area contributed by atoms with E-state index in [-0.39, 0.29) is 11.9 Å². The highest BCUT2D eigenvalue weighted by Gasteiger charge is 2.19. The molecule has 0 radical (unpaired) electrons. The van der Waals surface area contributed by atoms with Gasteiger partial charge in [-0.2, -0.15) is 0 Å². The maximum absolute atomic E-state index is 13.9. The first-order chi connectivity index (χ1) is 8.52. The van der Waals surface area contributed by atoms with Crippen molar-refractivity contribution in [2.75, 3.05) is 7.05 Å². The number of hydrogen-bond donors (Lipinski definition) is 1. The van der Waals surface area contributed by atoms with Gasteiger partial charge in [0.25, 0.3) is 0 Å². The fourth-order valence-corrected chi connectivity index (χ4v) is 3.68. The Hall–Kier alpha value is -0.420. The number of hydrogen-bond acceptors (Lipinski definition) is 2. The van der Waals surface area contributed by atoms with E-state index in [1.165, 1.54) is 10.9 Å². The average molecular weight is 349 g/mol. The van der Waals surface area contributed by atoms with Gasteiger partial charge in [0.2, 0.25) is 0 Å². The monoisotopic (exact) mass is 347 g/mol. The Morgan fingerprint density at radius 2 is 2.11 bits per heavy atom. The fraction of sp³-hybridized carbons (Fsp3) is 0.231. The highest BCUT2D eigenvalue weighted by Crippen LogP contribution is 2.35. The fourth-order valence-electron chi connectivity index (χ4n) is 1.81. The summed E-state index contributed by atoms with van der Waals surface area (Å²) in [5.41, 5.74) is 0.568. The summed E-state index contributed by atoms with van der Waals surface area (Å²) in [5.74, 6) is -0.249. The van der Waals surface area contributed by atoms with E-state index in [0.717, 1.165) is 9.35 Å². The Labute approximate surface area is 123 Å². The molecule has 5 heteroatoms. The van der Waals surface area contributed by atoms with Gasteiger partial charge in [-0.3, -0.25) is 0 Å². The van der Waals surface area contributed by atoms with E-state index < -0.39 is 0 Å². The molecule has 0 aliphatic heterocycles. The number of thiophene rings is 1. The van der Waals surface area contributed by atoms with Crippen molar-refractivity contribution in [3.8, 4) is 0 Å². The van der Waals surface area contributed by atoms with E-state index in [4.69, 9.17) is 11.6 Å². The second-order valence-electron chi connectivity index (χ2n) is 3.94. The van der Waals surface area contributed by atoms with Gasteiger partial charge in [0.05, 0.1) is 6.04 Å². The van der Waals surface area contributed by atoms with Crippen LogP contribution in [0.1, 0.15) is 21.4 Å². The third kappa shape index (κ3) is 2.77. The van der Waals surface area contributed by atoms with Gasteiger partial charge in [0.1, 0.15) is 5.82 Å². The zero-order valence-corrected chi connectivity index (χ0v) is 13.1. The van der Waals surface area contributed by atoms with Crippen molar-refractivity contribution in [3.63, 3.8) is 0 Å². The SMILES string of the molecule is CNC(c1cc(Br)c(C)s1)c1cc(Cl)ccc1F. The molecule has 0 spiro atoms. The van der Waals surface area contributed by atoms with Crippen LogP contribution in [0.2, 0.25) is 5.02 Å². The molecule has 0 bridgehead atoms. The molecule has 1 unspecified atom stereocenters. The first kappa shape index (κ1) is 14.0. The van der Waals surface area contributed by atoms with E-state index in [2.05, 4.69) is 21.2 Å². The van der Waals surface area contributed by atoms with Crippen LogP contribution in [0.25, 0.3) is 0 Å². The highest BCUT2D eigenvalue weighted by atomic mass is 79.9. The average Bonchev–Trinajstić information content (AvgIpc) is 2.65. The number of rotatable bonds is 3. The molecule has 0 amide bonds. The standard InChI is InChI=1S/C13H12BrClFNS/c1-7-10(14)6-12(18-7)13(17-2)9-5-8(15)3-4-11(9)16/h3-6,13,17H,1-2H3. The van der Waals surface area contributed by atoms with Gasteiger partial charge >= 0.3 is 0 Å². The van der Waals surface area contributed by atoms with Crippen LogP contribution in [0.3, 0.4) is 0 Å². The van der Waals surface area contributed by atoms with E-state index in [9.17, 15) is 4.39 Å². The summed E-state index contributed by atoms with van der Waals surface area (Å²) in [7, 11) is 1.81. The van der Waals surface area contributed by atoms with Crippen molar-refractivity contribution in [1.82, 2.24) is 5.32 Å². The van der Waals surface area contributed by atoms with Crippen LogP contribution in [-0.2, 0) is 0 Å². The summed E-state index contributed by atoms with van der Waals surface area (Å²) in [4.78, 5) is 2.23. The minimum Gasteiger partial charge on any atom is -0.309 e. The molecule has 1 aromatic heterocycles. The lowest BCUT2D eigenvalue weighted by Crippen LogP contribution is -2.17. The molecule has 0 saturated carbocycles. The topological polar surface area (TPSA) is 12.0 Å². The van der Waals surface area contributed by atoms with E-state index in [1.54, 1.807) is 23.5 Å². The number of benzene rings is 1. The lowest BCUT2D eigenvalue weighted by atomic mass is 10.0. The summed E-state index contributed by atoms with van der Waals surface area (Å²) in [6.45, 7) is 2.03. The Bertz CT molecular complexity index is 551. The van der Waals surface area contributed by atoms with Crippen LogP contribution >= 0.6 is 38.9 Å². The lowest BCUT2D eigenvalue weighted by Gasteiger charge is -2.16. The third-order valence-corrected chi connectivity index (χ3v) is 5.16. The minimum absolute atomic E-state index is 0.182. The second kappa shape index (κ2) is 5.70. The molecule has 2 rings (SSSR count). The summed E-state index contributed by atoms with van der Waals surface area (Å²) in [6, 6.07) is 6.46. The Morgan fingerprint density at radius 1 is 1.39 bits per heavy atom. The smallest absolute Gasteiger partial charge is 0.128 e. The predicted molar refractivity (Wildman–Crippen MR) is 79.1 cm³/mol. The molecule has 0 aliphatic rings. The van der Waals surface area contributed by atoms with Crippen LogP contribution in [0.5, 0.6) is 0 Å². The van der Waals surface area contributed by atoms with Crippen LogP contribution in [0.4, 0.5) is 4.39 Å². The van der Waals surface area contributed by atoms with Gasteiger partial charge in [-0.1, -0.05) is 11.6 Å². The molecule has 0 fully saturated rings. The largest absolute Gasteiger partial charge is 0.309 e. The van der Waals surface area contributed by atoms with Crippen LogP contribution in [0, 0.1) is 12.7 Å². The summed E-state index contributed by atoms with van der Waals surface area (Å²) < 4.78 is 14.9. The molecule has 1 aromatic carbocycles. The molecule has 0 aliphatic carbocycles. The number of halogens is 3. The molecule has 0 saturated heterocycles. The van der Waals surface area contributed by atoms with Gasteiger partial charge in [-0.05, 0) is 54.2 Å². The summed E-state index contributed by atoms with van der Waals surface area (Å²) >= 11 is 11.1. The molecular weight excluding hydrogens is 337 g/mol. The molecule has 1 atom stereocenters. The third-order valence-electron chi connectivity index (χ3n) is 2.72. The number of aryl methyl sites for hydroxylation is 1. The van der Waals surface area contributed by atoms with Gasteiger partial charge in [-0.25, -0.2) is 4.39 Å². The van der Waals surface area contributed by atoms with E-state index in [1.807, 2.05) is 20.0 Å². The second-order valence-corrected chi connectivity index (χ2v) is 6.52. The Balaban J connectivity index is 2.48. The van der Waals surface area contributed by atoms with Gasteiger partial charge in [0, 0.05) is 24.8 Å². The first-order valence-electron chi connectivity index (χ1n) is 5.41. The van der Waals surface area contributed by atoms with Gasteiger partial charge < -0.3 is 5.32 Å². The van der Waals surface area contributed by atoms with Crippen LogP contribution in [0.15, 0.2) is 28.7 Å². The molecule has 96 valence electrons. The zero-order valence-electron chi connectivity index (χ0n) is 9.93. The van der Waals surface area contributed by atoms with Crippen molar-refractivity contribution in [3.05, 3.63) is 54.9 Å². The molecule has 18 heavy (non-hydrogen) atoms. The first-order valence-corrected chi connectivity index (χ1v) is 7.39. The van der Waals surface area contributed by atoms with Gasteiger partial charge in [0.15, 0.2) is 0 Å². The van der Waals surface area contributed by atoms with Gasteiger partial charge in [-0.15, -0.1) is 11.3 Å². The maximum atomic E-state index is 13.9. The zero-order chi connectivity index (χ0) is 13.3. The normalized spacial score (nSPS) is 12.7. The number of nitrogens with one attached hydrogen (secondary N) is 1. The van der Waals surface area contributed by atoms with Crippen LogP contribution < -0.4 is 5.32 Å². The molecular formula is C13H12BrClFNS. The highest BCUT2D eigenvalue weighted by molar-refractivity contribution is 9.10. The molecule has 2 aromatic rings. The quantitative estimate of drug-likeness (QED) is 0.830. The summed E-state index contributed by atoms with van der Waals surface area (Å²) in [5, 5.41) is 3.67. The predicted octanol–water partition coefficient (Wildman–Crippen LogP) is 4.92. The molecule has 1 N–H and O–H groups in total. The van der Waals surface area contributed by atoms with Crippen molar-refractivity contribution in [2.24, 2.45) is 0 Å². The minimum atomic E-state index is -0.249. The molecule has 1 nitrogen and oxygen atoms in total. The maximum Gasteiger partial charge on any atom is 0.128 e. The van der Waals surface area contributed by atoms with Crippen molar-refractivity contribution >= 4 is 38.9 Å². The Kier molecular flexibility index (Phi) is 4.43.